The van der Waals surface area contributed by atoms with Crippen molar-refractivity contribution < 1.29 is 4.79 Å². The number of nitrogens with zero attached hydrogens (tertiary/aromatic N) is 1. The smallest absolute Gasteiger partial charge is 0.224 e. The van der Waals surface area contributed by atoms with E-state index in [0.29, 0.717) is 13.1 Å². The maximum atomic E-state index is 12.1. The number of amides is 1. The highest BCUT2D eigenvalue weighted by atomic mass is 16.1. The SMILES string of the molecule is CCCC(CN)C(=O)NCc1ccccc1CN(C)C. The molecule has 0 saturated carbocycles. The highest BCUT2D eigenvalue weighted by Gasteiger charge is 2.15. The van der Waals surface area contributed by atoms with Crippen LogP contribution in [0.5, 0.6) is 0 Å². The summed E-state index contributed by atoms with van der Waals surface area (Å²) in [6, 6.07) is 8.21. The van der Waals surface area contributed by atoms with Gasteiger partial charge in [-0.3, -0.25) is 4.79 Å². The molecule has 1 aromatic carbocycles. The molecular formula is C16H27N3O. The van der Waals surface area contributed by atoms with Gasteiger partial charge in [0.25, 0.3) is 0 Å². The van der Waals surface area contributed by atoms with Gasteiger partial charge in [0.2, 0.25) is 5.91 Å². The predicted molar refractivity (Wildman–Crippen MR) is 83.1 cm³/mol. The molecule has 0 aliphatic heterocycles. The van der Waals surface area contributed by atoms with E-state index in [1.807, 2.05) is 26.2 Å². The summed E-state index contributed by atoms with van der Waals surface area (Å²) in [5.41, 5.74) is 8.07. The van der Waals surface area contributed by atoms with Crippen LogP contribution in [0.2, 0.25) is 0 Å². The first-order valence-electron chi connectivity index (χ1n) is 7.27. The van der Waals surface area contributed by atoms with Gasteiger partial charge >= 0.3 is 0 Å². The van der Waals surface area contributed by atoms with E-state index in [9.17, 15) is 4.79 Å². The van der Waals surface area contributed by atoms with E-state index >= 15 is 0 Å². The van der Waals surface area contributed by atoms with Crippen LogP contribution in [0.1, 0.15) is 30.9 Å². The minimum Gasteiger partial charge on any atom is -0.352 e. The van der Waals surface area contributed by atoms with Crippen LogP contribution in [0.3, 0.4) is 0 Å². The maximum Gasteiger partial charge on any atom is 0.224 e. The molecule has 3 N–H and O–H groups in total. The number of carbonyl (C=O) groups is 1. The lowest BCUT2D eigenvalue weighted by Gasteiger charge is -2.17. The van der Waals surface area contributed by atoms with Gasteiger partial charge in [0.15, 0.2) is 0 Å². The van der Waals surface area contributed by atoms with Crippen molar-refractivity contribution in [3.63, 3.8) is 0 Å². The van der Waals surface area contributed by atoms with Crippen LogP contribution in [0.15, 0.2) is 24.3 Å². The fourth-order valence-corrected chi connectivity index (χ4v) is 2.26. The largest absolute Gasteiger partial charge is 0.352 e. The summed E-state index contributed by atoms with van der Waals surface area (Å²) in [4.78, 5) is 14.2. The summed E-state index contributed by atoms with van der Waals surface area (Å²) < 4.78 is 0. The molecule has 1 atom stereocenters. The third-order valence-corrected chi connectivity index (χ3v) is 3.35. The Labute approximate surface area is 122 Å². The zero-order valence-corrected chi connectivity index (χ0v) is 12.9. The minimum absolute atomic E-state index is 0.0639. The number of hydrogen-bond donors (Lipinski definition) is 2. The minimum atomic E-state index is -0.0685. The van der Waals surface area contributed by atoms with Crippen molar-refractivity contribution >= 4 is 5.91 Å². The predicted octanol–water partition coefficient (Wildman–Crippen LogP) is 1.74. The number of benzene rings is 1. The Morgan fingerprint density at radius 3 is 2.50 bits per heavy atom. The second kappa shape index (κ2) is 8.72. The molecule has 1 unspecified atom stereocenters. The first-order valence-corrected chi connectivity index (χ1v) is 7.27. The third-order valence-electron chi connectivity index (χ3n) is 3.35. The zero-order chi connectivity index (χ0) is 15.0. The quantitative estimate of drug-likeness (QED) is 0.761. The van der Waals surface area contributed by atoms with E-state index < -0.39 is 0 Å². The Kier molecular flexibility index (Phi) is 7.26. The van der Waals surface area contributed by atoms with Crippen molar-refractivity contribution in [2.45, 2.75) is 32.9 Å². The molecule has 0 bridgehead atoms. The molecular weight excluding hydrogens is 250 g/mol. The maximum absolute atomic E-state index is 12.1. The van der Waals surface area contributed by atoms with Gasteiger partial charge in [0, 0.05) is 19.6 Å². The molecule has 1 rings (SSSR count). The number of hydrogen-bond acceptors (Lipinski definition) is 3. The normalized spacial score (nSPS) is 12.4. The lowest BCUT2D eigenvalue weighted by molar-refractivity contribution is -0.125. The highest BCUT2D eigenvalue weighted by molar-refractivity contribution is 5.78. The first kappa shape index (κ1) is 16.7. The van der Waals surface area contributed by atoms with Gasteiger partial charge in [-0.05, 0) is 31.6 Å². The van der Waals surface area contributed by atoms with Gasteiger partial charge in [-0.25, -0.2) is 0 Å². The average Bonchev–Trinajstić information content (AvgIpc) is 2.43. The van der Waals surface area contributed by atoms with Crippen LogP contribution in [0.25, 0.3) is 0 Å². The third kappa shape index (κ3) is 5.31. The number of rotatable bonds is 8. The summed E-state index contributed by atoms with van der Waals surface area (Å²) in [6.45, 7) is 3.94. The van der Waals surface area contributed by atoms with E-state index in [-0.39, 0.29) is 11.8 Å². The molecule has 0 saturated heterocycles. The van der Waals surface area contributed by atoms with Crippen LogP contribution in [0.4, 0.5) is 0 Å². The molecule has 0 aliphatic carbocycles. The molecule has 4 heteroatoms. The van der Waals surface area contributed by atoms with Gasteiger partial charge in [-0.1, -0.05) is 37.6 Å². The summed E-state index contributed by atoms with van der Waals surface area (Å²) in [6.07, 6.45) is 1.83. The molecule has 1 amide bonds. The summed E-state index contributed by atoms with van der Waals surface area (Å²) >= 11 is 0. The summed E-state index contributed by atoms with van der Waals surface area (Å²) in [5, 5.41) is 3.01. The Morgan fingerprint density at radius 2 is 1.95 bits per heavy atom. The van der Waals surface area contributed by atoms with Gasteiger partial charge in [-0.15, -0.1) is 0 Å². The van der Waals surface area contributed by atoms with Gasteiger partial charge in [0.05, 0.1) is 5.92 Å². The Hall–Kier alpha value is -1.39. The van der Waals surface area contributed by atoms with Crippen LogP contribution in [0, 0.1) is 5.92 Å². The fourth-order valence-electron chi connectivity index (χ4n) is 2.26. The van der Waals surface area contributed by atoms with E-state index in [1.165, 1.54) is 11.1 Å². The average molecular weight is 277 g/mol. The highest BCUT2D eigenvalue weighted by Crippen LogP contribution is 2.11. The number of carbonyl (C=O) groups excluding carboxylic acids is 1. The van der Waals surface area contributed by atoms with Crippen molar-refractivity contribution in [2.24, 2.45) is 11.7 Å². The molecule has 112 valence electrons. The molecule has 0 fully saturated rings. The summed E-state index contributed by atoms with van der Waals surface area (Å²) in [7, 11) is 4.09. The second-order valence-corrected chi connectivity index (χ2v) is 5.45. The Balaban J connectivity index is 2.62. The lowest BCUT2D eigenvalue weighted by Crippen LogP contribution is -2.34. The Morgan fingerprint density at radius 1 is 1.30 bits per heavy atom. The topological polar surface area (TPSA) is 58.4 Å². The molecule has 4 nitrogen and oxygen atoms in total. The molecule has 0 heterocycles. The first-order chi connectivity index (χ1) is 9.58. The van der Waals surface area contributed by atoms with Gasteiger partial charge in [0.1, 0.15) is 0 Å². The zero-order valence-electron chi connectivity index (χ0n) is 12.9. The molecule has 20 heavy (non-hydrogen) atoms. The number of nitrogens with two attached hydrogens (primary N) is 1. The fraction of sp³-hybridized carbons (Fsp3) is 0.562. The van der Waals surface area contributed by atoms with Crippen LogP contribution in [-0.2, 0) is 17.9 Å². The van der Waals surface area contributed by atoms with Crippen molar-refractivity contribution in [3.05, 3.63) is 35.4 Å². The van der Waals surface area contributed by atoms with Crippen molar-refractivity contribution in [1.29, 1.82) is 0 Å². The molecule has 0 radical (unpaired) electrons. The van der Waals surface area contributed by atoms with Gasteiger partial charge < -0.3 is 16.0 Å². The standard InChI is InChI=1S/C16H27N3O/c1-4-7-13(10-17)16(20)18-11-14-8-5-6-9-15(14)12-19(2)3/h5-6,8-9,13H,4,7,10-12,17H2,1-3H3,(H,18,20). The monoisotopic (exact) mass is 277 g/mol. The Bertz CT molecular complexity index is 418. The van der Waals surface area contributed by atoms with Crippen molar-refractivity contribution in [2.75, 3.05) is 20.6 Å². The molecule has 0 spiro atoms. The molecule has 0 aromatic heterocycles. The molecule has 1 aromatic rings. The van der Waals surface area contributed by atoms with Crippen molar-refractivity contribution in [3.8, 4) is 0 Å². The lowest BCUT2D eigenvalue weighted by atomic mass is 10.0. The van der Waals surface area contributed by atoms with Crippen LogP contribution >= 0.6 is 0 Å². The second-order valence-electron chi connectivity index (χ2n) is 5.45. The van der Waals surface area contributed by atoms with Crippen LogP contribution in [-0.4, -0.2) is 31.4 Å². The van der Waals surface area contributed by atoms with E-state index in [2.05, 4.69) is 29.3 Å². The number of nitrogens with one attached hydrogen (secondary N) is 1. The van der Waals surface area contributed by atoms with Crippen molar-refractivity contribution in [1.82, 2.24) is 10.2 Å². The van der Waals surface area contributed by atoms with Crippen LogP contribution < -0.4 is 11.1 Å². The van der Waals surface area contributed by atoms with E-state index in [0.717, 1.165) is 19.4 Å². The van der Waals surface area contributed by atoms with E-state index in [1.54, 1.807) is 0 Å². The summed E-state index contributed by atoms with van der Waals surface area (Å²) in [5.74, 6) is -0.00461. The van der Waals surface area contributed by atoms with Gasteiger partial charge in [-0.2, -0.15) is 0 Å². The van der Waals surface area contributed by atoms with E-state index in [4.69, 9.17) is 5.73 Å². The molecule has 0 aliphatic rings.